The minimum Gasteiger partial charge on any atom is -0.343 e. The summed E-state index contributed by atoms with van der Waals surface area (Å²) in [4.78, 5) is 14.6. The van der Waals surface area contributed by atoms with Gasteiger partial charge >= 0.3 is 0 Å². The molecule has 1 amide bonds. The summed E-state index contributed by atoms with van der Waals surface area (Å²) in [6.45, 7) is 6.27. The molecule has 0 radical (unpaired) electrons. The third-order valence-corrected chi connectivity index (χ3v) is 4.30. The molecular weight excluding hydrogens is 305 g/mol. The maximum atomic E-state index is 13.3. The van der Waals surface area contributed by atoms with Gasteiger partial charge < -0.3 is 10.2 Å². The standard InChI is InChI=1S/C17H23F3N2O/c1-11(2)14(10-22-7-4-8-22)17(23)21-15(16(19)20)12-5-3-6-13(18)9-12/h3,5-6,9,11,14-16H,4,7-8,10H2,1-2H3,(H,21,23). The van der Waals surface area contributed by atoms with Gasteiger partial charge in [0.15, 0.2) is 0 Å². The van der Waals surface area contributed by atoms with Crippen LogP contribution < -0.4 is 5.32 Å². The number of benzene rings is 1. The highest BCUT2D eigenvalue weighted by Gasteiger charge is 2.31. The topological polar surface area (TPSA) is 32.3 Å². The van der Waals surface area contributed by atoms with Crippen molar-refractivity contribution >= 4 is 5.91 Å². The van der Waals surface area contributed by atoms with Gasteiger partial charge in [-0.2, -0.15) is 0 Å². The highest BCUT2D eigenvalue weighted by molar-refractivity contribution is 5.79. The van der Waals surface area contributed by atoms with Gasteiger partial charge in [-0.15, -0.1) is 0 Å². The molecule has 128 valence electrons. The Morgan fingerprint density at radius 1 is 1.30 bits per heavy atom. The first-order chi connectivity index (χ1) is 10.9. The predicted octanol–water partition coefficient (Wildman–Crippen LogP) is 3.23. The van der Waals surface area contributed by atoms with E-state index < -0.39 is 24.2 Å². The van der Waals surface area contributed by atoms with Crippen LogP contribution >= 0.6 is 0 Å². The van der Waals surface area contributed by atoms with Crippen LogP contribution in [0.3, 0.4) is 0 Å². The lowest BCUT2D eigenvalue weighted by molar-refractivity contribution is -0.129. The molecule has 23 heavy (non-hydrogen) atoms. The predicted molar refractivity (Wildman–Crippen MR) is 82.7 cm³/mol. The summed E-state index contributed by atoms with van der Waals surface area (Å²) in [7, 11) is 0. The van der Waals surface area contributed by atoms with E-state index >= 15 is 0 Å². The van der Waals surface area contributed by atoms with Gasteiger partial charge in [0.1, 0.15) is 11.9 Å². The molecule has 1 aliphatic rings. The zero-order valence-electron chi connectivity index (χ0n) is 13.4. The smallest absolute Gasteiger partial charge is 0.262 e. The van der Waals surface area contributed by atoms with Gasteiger partial charge in [0.2, 0.25) is 5.91 Å². The first kappa shape index (κ1) is 17.8. The number of likely N-dealkylation sites (tertiary alicyclic amines) is 1. The summed E-state index contributed by atoms with van der Waals surface area (Å²) >= 11 is 0. The van der Waals surface area contributed by atoms with Crippen LogP contribution in [0.4, 0.5) is 13.2 Å². The van der Waals surface area contributed by atoms with Crippen molar-refractivity contribution in [1.29, 1.82) is 0 Å². The zero-order chi connectivity index (χ0) is 17.0. The van der Waals surface area contributed by atoms with Crippen LogP contribution in [0.5, 0.6) is 0 Å². The molecule has 1 aromatic rings. The van der Waals surface area contributed by atoms with Crippen LogP contribution in [0.2, 0.25) is 0 Å². The van der Waals surface area contributed by atoms with Crippen molar-refractivity contribution in [1.82, 2.24) is 10.2 Å². The van der Waals surface area contributed by atoms with E-state index in [-0.39, 0.29) is 17.4 Å². The van der Waals surface area contributed by atoms with E-state index in [0.717, 1.165) is 25.6 Å². The number of carbonyl (C=O) groups excluding carboxylic acids is 1. The van der Waals surface area contributed by atoms with Gasteiger partial charge in [-0.3, -0.25) is 4.79 Å². The van der Waals surface area contributed by atoms with Crippen molar-refractivity contribution in [2.45, 2.75) is 32.7 Å². The van der Waals surface area contributed by atoms with E-state index in [4.69, 9.17) is 0 Å². The Morgan fingerprint density at radius 2 is 2.00 bits per heavy atom. The lowest BCUT2D eigenvalue weighted by atomic mass is 9.92. The molecule has 1 aromatic carbocycles. The largest absolute Gasteiger partial charge is 0.343 e. The fourth-order valence-electron chi connectivity index (χ4n) is 2.69. The molecule has 0 bridgehead atoms. The third-order valence-electron chi connectivity index (χ3n) is 4.30. The molecule has 0 spiro atoms. The first-order valence-electron chi connectivity index (χ1n) is 7.95. The Kier molecular flexibility index (Phi) is 6.04. The number of halogens is 3. The Labute approximate surface area is 134 Å². The summed E-state index contributed by atoms with van der Waals surface area (Å²) in [6, 6.07) is 3.51. The van der Waals surface area contributed by atoms with Crippen LogP contribution in [0.1, 0.15) is 31.9 Å². The molecule has 2 rings (SSSR count). The molecule has 1 N–H and O–H groups in total. The molecule has 1 aliphatic heterocycles. The van der Waals surface area contributed by atoms with Crippen molar-refractivity contribution in [2.24, 2.45) is 11.8 Å². The zero-order valence-corrected chi connectivity index (χ0v) is 13.4. The third kappa shape index (κ3) is 4.70. The molecule has 3 nitrogen and oxygen atoms in total. The maximum Gasteiger partial charge on any atom is 0.262 e. The Bertz CT molecular complexity index is 532. The fraction of sp³-hybridized carbons (Fsp3) is 0.588. The summed E-state index contributed by atoms with van der Waals surface area (Å²) in [5.74, 6) is -1.31. The van der Waals surface area contributed by atoms with Gasteiger partial charge in [-0.1, -0.05) is 26.0 Å². The molecule has 0 saturated carbocycles. The van der Waals surface area contributed by atoms with Crippen molar-refractivity contribution in [2.75, 3.05) is 19.6 Å². The summed E-state index contributed by atoms with van der Waals surface area (Å²) in [5.41, 5.74) is 0.0832. The van der Waals surface area contributed by atoms with Crippen molar-refractivity contribution < 1.29 is 18.0 Å². The second kappa shape index (κ2) is 7.81. The molecule has 0 aromatic heterocycles. The minimum atomic E-state index is -2.79. The number of nitrogens with zero attached hydrogens (tertiary/aromatic N) is 1. The second-order valence-corrected chi connectivity index (χ2v) is 6.38. The summed E-state index contributed by atoms with van der Waals surface area (Å²) in [6.07, 6.45) is -1.69. The molecule has 2 unspecified atom stereocenters. The highest BCUT2D eigenvalue weighted by Crippen LogP contribution is 2.24. The van der Waals surface area contributed by atoms with Gasteiger partial charge in [0.05, 0.1) is 5.92 Å². The lowest BCUT2D eigenvalue weighted by Crippen LogP contribution is -2.47. The van der Waals surface area contributed by atoms with Gasteiger partial charge in [-0.25, -0.2) is 13.2 Å². The average Bonchev–Trinajstić information content (AvgIpc) is 2.42. The highest BCUT2D eigenvalue weighted by atomic mass is 19.3. The number of rotatable bonds is 7. The minimum absolute atomic E-state index is 0.0430. The number of carbonyl (C=O) groups is 1. The van der Waals surface area contributed by atoms with Crippen molar-refractivity contribution in [3.63, 3.8) is 0 Å². The molecule has 2 atom stereocenters. The van der Waals surface area contributed by atoms with Gasteiger partial charge in [0, 0.05) is 6.54 Å². The molecule has 1 heterocycles. The number of alkyl halides is 2. The van der Waals surface area contributed by atoms with E-state index in [2.05, 4.69) is 10.2 Å². The van der Waals surface area contributed by atoms with Crippen LogP contribution in [0.15, 0.2) is 24.3 Å². The van der Waals surface area contributed by atoms with Crippen LogP contribution in [-0.4, -0.2) is 36.9 Å². The van der Waals surface area contributed by atoms with Crippen molar-refractivity contribution in [3.8, 4) is 0 Å². The molecule has 6 heteroatoms. The number of hydrogen-bond donors (Lipinski definition) is 1. The Balaban J connectivity index is 2.09. The lowest BCUT2D eigenvalue weighted by Gasteiger charge is -2.35. The van der Waals surface area contributed by atoms with E-state index in [1.165, 1.54) is 18.2 Å². The average molecular weight is 328 g/mol. The van der Waals surface area contributed by atoms with E-state index in [1.54, 1.807) is 0 Å². The SMILES string of the molecule is CC(C)C(CN1CCC1)C(=O)NC(c1cccc(F)c1)C(F)F. The maximum absolute atomic E-state index is 13.3. The molecule has 1 saturated heterocycles. The van der Waals surface area contributed by atoms with Gasteiger partial charge in [-0.05, 0) is 43.1 Å². The number of amides is 1. The summed E-state index contributed by atoms with van der Waals surface area (Å²) in [5, 5.41) is 2.41. The molecule has 0 aliphatic carbocycles. The number of hydrogen-bond acceptors (Lipinski definition) is 2. The van der Waals surface area contributed by atoms with E-state index in [9.17, 15) is 18.0 Å². The van der Waals surface area contributed by atoms with E-state index in [1.807, 2.05) is 13.8 Å². The van der Waals surface area contributed by atoms with Crippen LogP contribution in [0.25, 0.3) is 0 Å². The second-order valence-electron chi connectivity index (χ2n) is 6.38. The molecule has 1 fully saturated rings. The van der Waals surface area contributed by atoms with E-state index in [0.29, 0.717) is 6.54 Å². The monoisotopic (exact) mass is 328 g/mol. The van der Waals surface area contributed by atoms with Crippen molar-refractivity contribution in [3.05, 3.63) is 35.6 Å². The Hall–Kier alpha value is -1.56. The Morgan fingerprint density at radius 3 is 2.48 bits per heavy atom. The fourth-order valence-corrected chi connectivity index (χ4v) is 2.69. The summed E-state index contributed by atoms with van der Waals surface area (Å²) < 4.78 is 39.9. The van der Waals surface area contributed by atoms with Gasteiger partial charge in [0.25, 0.3) is 6.43 Å². The molecular formula is C17H23F3N2O. The van der Waals surface area contributed by atoms with Crippen LogP contribution in [-0.2, 0) is 4.79 Å². The van der Waals surface area contributed by atoms with Crippen LogP contribution in [0, 0.1) is 17.7 Å². The quantitative estimate of drug-likeness (QED) is 0.833. The normalized spacial score (nSPS) is 17.9. The number of nitrogens with one attached hydrogen (secondary N) is 1. The first-order valence-corrected chi connectivity index (χ1v) is 7.95.